The SMILES string of the molecule is CCCC(C)C(O[SiH3])(C(C)CCC)C(C)CCC. The second-order valence-electron chi connectivity index (χ2n) is 6.13. The van der Waals surface area contributed by atoms with Crippen molar-refractivity contribution in [2.24, 2.45) is 17.8 Å². The number of rotatable bonds is 10. The molecule has 0 amide bonds. The Balaban J connectivity index is 5.16. The molecule has 3 atom stereocenters. The molecule has 0 fully saturated rings. The van der Waals surface area contributed by atoms with E-state index in [1.807, 2.05) is 0 Å². The van der Waals surface area contributed by atoms with Gasteiger partial charge in [0.05, 0.1) is 5.60 Å². The average Bonchev–Trinajstić information content (AvgIpc) is 2.31. The van der Waals surface area contributed by atoms with E-state index in [1.54, 1.807) is 0 Å². The summed E-state index contributed by atoms with van der Waals surface area (Å²) < 4.78 is 6.32. The van der Waals surface area contributed by atoms with E-state index in [-0.39, 0.29) is 5.60 Å². The Bertz CT molecular complexity index is 174. The Morgan fingerprint density at radius 3 is 1.22 bits per heavy atom. The molecule has 0 aromatic rings. The molecule has 2 heteroatoms. The molecule has 110 valence electrons. The topological polar surface area (TPSA) is 9.23 Å². The van der Waals surface area contributed by atoms with Crippen molar-refractivity contribution in [3.8, 4) is 0 Å². The van der Waals surface area contributed by atoms with Crippen LogP contribution >= 0.6 is 0 Å². The summed E-state index contributed by atoms with van der Waals surface area (Å²) in [4.78, 5) is 0. The molecule has 0 N–H and O–H groups in total. The van der Waals surface area contributed by atoms with Crippen LogP contribution in [0.15, 0.2) is 0 Å². The Morgan fingerprint density at radius 2 is 1.06 bits per heavy atom. The molecule has 3 unspecified atom stereocenters. The van der Waals surface area contributed by atoms with Gasteiger partial charge in [0.25, 0.3) is 0 Å². The highest BCUT2D eigenvalue weighted by Gasteiger charge is 2.43. The predicted octanol–water partition coefficient (Wildman–Crippen LogP) is 4.33. The fourth-order valence-corrected chi connectivity index (χ4v) is 5.24. The second kappa shape index (κ2) is 9.14. The van der Waals surface area contributed by atoms with Gasteiger partial charge in [0, 0.05) is 0 Å². The monoisotopic (exact) mass is 272 g/mol. The maximum absolute atomic E-state index is 6.32. The molecule has 18 heavy (non-hydrogen) atoms. The van der Waals surface area contributed by atoms with E-state index in [9.17, 15) is 0 Å². The number of hydrogen-bond acceptors (Lipinski definition) is 1. The first kappa shape index (κ1) is 18.2. The summed E-state index contributed by atoms with van der Waals surface area (Å²) in [7, 11) is 0.861. The Morgan fingerprint density at radius 1 is 0.778 bits per heavy atom. The van der Waals surface area contributed by atoms with Gasteiger partial charge in [0.2, 0.25) is 0 Å². The lowest BCUT2D eigenvalue weighted by Gasteiger charge is -2.48. The highest BCUT2D eigenvalue weighted by atomic mass is 28.2. The molecule has 0 aliphatic heterocycles. The second-order valence-corrected chi connectivity index (χ2v) is 6.54. The van der Waals surface area contributed by atoms with Crippen LogP contribution in [-0.2, 0) is 4.43 Å². The van der Waals surface area contributed by atoms with Crippen LogP contribution in [-0.4, -0.2) is 16.1 Å². The van der Waals surface area contributed by atoms with Crippen LogP contribution in [0.25, 0.3) is 0 Å². The van der Waals surface area contributed by atoms with E-state index in [0.717, 1.165) is 10.5 Å². The summed E-state index contributed by atoms with van der Waals surface area (Å²) in [6, 6.07) is 0. The van der Waals surface area contributed by atoms with Crippen LogP contribution in [0.1, 0.15) is 80.1 Å². The third-order valence-corrected chi connectivity index (χ3v) is 5.54. The van der Waals surface area contributed by atoms with Crippen LogP contribution in [0.5, 0.6) is 0 Å². The molecular formula is C16H36OSi. The summed E-state index contributed by atoms with van der Waals surface area (Å²) in [5.74, 6) is 2.05. The van der Waals surface area contributed by atoms with Gasteiger partial charge in [-0.3, -0.25) is 0 Å². The van der Waals surface area contributed by atoms with Crippen molar-refractivity contribution < 1.29 is 4.43 Å². The van der Waals surface area contributed by atoms with Gasteiger partial charge in [-0.2, -0.15) is 0 Å². The first-order valence-electron chi connectivity index (χ1n) is 8.06. The lowest BCUT2D eigenvalue weighted by molar-refractivity contribution is -0.0807. The van der Waals surface area contributed by atoms with Gasteiger partial charge in [0.15, 0.2) is 0 Å². The molecule has 1 nitrogen and oxygen atoms in total. The summed E-state index contributed by atoms with van der Waals surface area (Å²) in [5, 5.41) is 0. The molecule has 0 radical (unpaired) electrons. The van der Waals surface area contributed by atoms with E-state index >= 15 is 0 Å². The first-order chi connectivity index (χ1) is 8.50. The minimum atomic E-state index is 0.133. The maximum atomic E-state index is 6.32. The van der Waals surface area contributed by atoms with Gasteiger partial charge in [-0.15, -0.1) is 0 Å². The lowest BCUT2D eigenvalue weighted by Crippen LogP contribution is -2.50. The van der Waals surface area contributed by atoms with Gasteiger partial charge in [-0.1, -0.05) is 60.8 Å². The van der Waals surface area contributed by atoms with Crippen LogP contribution in [0, 0.1) is 17.8 Å². The van der Waals surface area contributed by atoms with Crippen LogP contribution in [0.2, 0.25) is 0 Å². The van der Waals surface area contributed by atoms with Crippen LogP contribution in [0.3, 0.4) is 0 Å². The van der Waals surface area contributed by atoms with Crippen molar-refractivity contribution in [3.05, 3.63) is 0 Å². The average molecular weight is 273 g/mol. The third-order valence-electron chi connectivity index (χ3n) is 4.83. The van der Waals surface area contributed by atoms with Crippen molar-refractivity contribution in [2.75, 3.05) is 0 Å². The van der Waals surface area contributed by atoms with Gasteiger partial charge < -0.3 is 4.43 Å². The predicted molar refractivity (Wildman–Crippen MR) is 86.0 cm³/mol. The fourth-order valence-electron chi connectivity index (χ4n) is 4.04. The standard InChI is InChI=1S/C16H36OSi/c1-7-10-13(4)16(17-18,14(5)11-8-2)15(6)12-9-3/h13-15H,7-12H2,1-6,18H3. The molecule has 0 aliphatic carbocycles. The van der Waals surface area contributed by atoms with Crippen molar-refractivity contribution in [1.29, 1.82) is 0 Å². The zero-order chi connectivity index (χ0) is 14.2. The largest absolute Gasteiger partial charge is 0.422 e. The Kier molecular flexibility index (Phi) is 9.23. The summed E-state index contributed by atoms with van der Waals surface area (Å²) in [6.07, 6.45) is 7.70. The van der Waals surface area contributed by atoms with Crippen molar-refractivity contribution in [1.82, 2.24) is 0 Å². The summed E-state index contributed by atoms with van der Waals surface area (Å²) >= 11 is 0. The quantitative estimate of drug-likeness (QED) is 0.538. The highest BCUT2D eigenvalue weighted by Crippen LogP contribution is 2.42. The third kappa shape index (κ3) is 4.09. The van der Waals surface area contributed by atoms with E-state index in [4.69, 9.17) is 4.43 Å². The van der Waals surface area contributed by atoms with Crippen molar-refractivity contribution >= 4 is 10.5 Å². The van der Waals surface area contributed by atoms with Gasteiger partial charge in [0.1, 0.15) is 10.5 Å². The molecule has 0 spiro atoms. The Labute approximate surface area is 119 Å². The zero-order valence-corrected chi connectivity index (χ0v) is 15.9. The molecule has 0 saturated heterocycles. The van der Waals surface area contributed by atoms with Gasteiger partial charge in [-0.25, -0.2) is 0 Å². The molecular weight excluding hydrogens is 236 g/mol. The van der Waals surface area contributed by atoms with E-state index in [0.29, 0.717) is 17.8 Å². The van der Waals surface area contributed by atoms with Crippen molar-refractivity contribution in [3.63, 3.8) is 0 Å². The number of hydrogen-bond donors (Lipinski definition) is 0. The van der Waals surface area contributed by atoms with Gasteiger partial charge in [-0.05, 0) is 37.0 Å². The summed E-state index contributed by atoms with van der Waals surface area (Å²) in [6.45, 7) is 14.1. The molecule has 0 aromatic heterocycles. The highest BCUT2D eigenvalue weighted by molar-refractivity contribution is 5.98. The maximum Gasteiger partial charge on any atom is 0.146 e. The minimum absolute atomic E-state index is 0.133. The molecule has 0 heterocycles. The van der Waals surface area contributed by atoms with E-state index in [1.165, 1.54) is 38.5 Å². The van der Waals surface area contributed by atoms with Crippen molar-refractivity contribution in [2.45, 2.75) is 85.7 Å². The smallest absolute Gasteiger partial charge is 0.146 e. The summed E-state index contributed by atoms with van der Waals surface area (Å²) in [5.41, 5.74) is 0.133. The van der Waals surface area contributed by atoms with E-state index in [2.05, 4.69) is 41.5 Å². The molecule has 0 aromatic carbocycles. The fraction of sp³-hybridized carbons (Fsp3) is 1.00. The van der Waals surface area contributed by atoms with Crippen LogP contribution in [0.4, 0.5) is 0 Å². The van der Waals surface area contributed by atoms with Gasteiger partial charge >= 0.3 is 0 Å². The lowest BCUT2D eigenvalue weighted by atomic mass is 9.67. The molecule has 0 saturated carbocycles. The first-order valence-corrected chi connectivity index (χ1v) is 8.87. The minimum Gasteiger partial charge on any atom is -0.422 e. The van der Waals surface area contributed by atoms with E-state index < -0.39 is 0 Å². The Hall–Kier alpha value is 0.177. The molecule has 0 bridgehead atoms. The molecule has 0 aliphatic rings. The zero-order valence-electron chi connectivity index (χ0n) is 13.9. The van der Waals surface area contributed by atoms with Crippen LogP contribution < -0.4 is 0 Å². The molecule has 0 rings (SSSR count). The normalized spacial score (nSPS) is 20.3.